The molecule has 0 spiro atoms. The van der Waals surface area contributed by atoms with E-state index in [0.717, 1.165) is 12.4 Å². The van der Waals surface area contributed by atoms with Crippen molar-refractivity contribution in [3.05, 3.63) is 47.1 Å². The molecule has 3 nitrogen and oxygen atoms in total. The predicted octanol–water partition coefficient (Wildman–Crippen LogP) is 4.08. The van der Waals surface area contributed by atoms with Gasteiger partial charge < -0.3 is 4.74 Å². The summed E-state index contributed by atoms with van der Waals surface area (Å²) in [7, 11) is 0. The van der Waals surface area contributed by atoms with Crippen molar-refractivity contribution in [3.63, 3.8) is 0 Å². The van der Waals surface area contributed by atoms with Gasteiger partial charge in [0.2, 0.25) is 5.88 Å². The van der Waals surface area contributed by atoms with Crippen LogP contribution in [0.4, 0.5) is 17.6 Å². The Hall–Kier alpha value is -1.89. The minimum absolute atomic E-state index is 0.0419. The highest BCUT2D eigenvalue weighted by atomic mass is 35.5. The van der Waals surface area contributed by atoms with Gasteiger partial charge in [0, 0.05) is 6.07 Å². The Labute approximate surface area is 109 Å². The Balaban J connectivity index is 2.32. The van der Waals surface area contributed by atoms with Crippen LogP contribution in [0, 0.1) is 5.82 Å². The van der Waals surface area contributed by atoms with Crippen LogP contribution in [0.2, 0.25) is 5.15 Å². The van der Waals surface area contributed by atoms with Gasteiger partial charge in [-0.05, 0) is 18.2 Å². The van der Waals surface area contributed by atoms with Gasteiger partial charge in [0.15, 0.2) is 0 Å². The summed E-state index contributed by atoms with van der Waals surface area (Å²) in [4.78, 5) is 7.24. The number of halogens is 5. The van der Waals surface area contributed by atoms with Gasteiger partial charge in [-0.2, -0.15) is 13.2 Å². The molecule has 0 aliphatic heterocycles. The minimum atomic E-state index is -4.80. The number of benzene rings is 1. The van der Waals surface area contributed by atoms with E-state index in [9.17, 15) is 17.6 Å². The van der Waals surface area contributed by atoms with E-state index in [4.69, 9.17) is 16.3 Å². The van der Waals surface area contributed by atoms with Crippen LogP contribution in [0.1, 0.15) is 5.56 Å². The molecule has 100 valence electrons. The SMILES string of the molecule is Fc1ccc(Oc2cc(Cl)ncn2)cc1C(F)(F)F. The van der Waals surface area contributed by atoms with Crippen molar-refractivity contribution in [2.24, 2.45) is 0 Å². The van der Waals surface area contributed by atoms with Crippen molar-refractivity contribution in [2.75, 3.05) is 0 Å². The monoisotopic (exact) mass is 292 g/mol. The zero-order valence-electron chi connectivity index (χ0n) is 9.08. The first-order valence-electron chi connectivity index (χ1n) is 4.88. The minimum Gasteiger partial charge on any atom is -0.439 e. The maximum Gasteiger partial charge on any atom is 0.419 e. The van der Waals surface area contributed by atoms with Crippen molar-refractivity contribution in [2.45, 2.75) is 6.18 Å². The van der Waals surface area contributed by atoms with Crippen LogP contribution in [-0.2, 0) is 6.18 Å². The van der Waals surface area contributed by atoms with Gasteiger partial charge in [0.1, 0.15) is 23.0 Å². The molecule has 0 saturated heterocycles. The van der Waals surface area contributed by atoms with Crippen LogP contribution in [-0.4, -0.2) is 9.97 Å². The van der Waals surface area contributed by atoms with Crippen LogP contribution in [0.25, 0.3) is 0 Å². The Kier molecular flexibility index (Phi) is 3.57. The zero-order valence-corrected chi connectivity index (χ0v) is 9.84. The van der Waals surface area contributed by atoms with Crippen LogP contribution in [0.3, 0.4) is 0 Å². The van der Waals surface area contributed by atoms with E-state index in [1.165, 1.54) is 6.07 Å². The molecule has 2 rings (SSSR count). The van der Waals surface area contributed by atoms with Crippen LogP contribution < -0.4 is 4.74 Å². The number of ether oxygens (including phenoxy) is 1. The van der Waals surface area contributed by atoms with E-state index in [-0.39, 0.29) is 16.8 Å². The molecule has 0 saturated carbocycles. The average molecular weight is 293 g/mol. The molecule has 0 aliphatic carbocycles. The van der Waals surface area contributed by atoms with Crippen molar-refractivity contribution in [3.8, 4) is 11.6 Å². The van der Waals surface area contributed by atoms with Gasteiger partial charge in [-0.25, -0.2) is 14.4 Å². The fourth-order valence-corrected chi connectivity index (χ4v) is 1.42. The Morgan fingerprint density at radius 3 is 2.47 bits per heavy atom. The Bertz CT molecular complexity index is 603. The quantitative estimate of drug-likeness (QED) is 0.618. The number of nitrogens with zero attached hydrogens (tertiary/aromatic N) is 2. The van der Waals surface area contributed by atoms with Crippen LogP contribution in [0.15, 0.2) is 30.6 Å². The smallest absolute Gasteiger partial charge is 0.419 e. The summed E-state index contributed by atoms with van der Waals surface area (Å²) in [5.74, 6) is -1.62. The number of aromatic nitrogens is 2. The molecule has 0 aliphatic rings. The highest BCUT2D eigenvalue weighted by Crippen LogP contribution is 2.34. The normalized spacial score (nSPS) is 11.4. The second-order valence-corrected chi connectivity index (χ2v) is 3.81. The highest BCUT2D eigenvalue weighted by Gasteiger charge is 2.34. The first-order chi connectivity index (χ1) is 8.86. The molecule has 1 aromatic heterocycles. The number of rotatable bonds is 2. The summed E-state index contributed by atoms with van der Waals surface area (Å²) >= 11 is 5.57. The van der Waals surface area contributed by atoms with E-state index in [2.05, 4.69) is 9.97 Å². The number of alkyl halides is 3. The molecule has 8 heteroatoms. The number of hydrogen-bond acceptors (Lipinski definition) is 3. The predicted molar refractivity (Wildman–Crippen MR) is 58.5 cm³/mol. The summed E-state index contributed by atoms with van der Waals surface area (Å²) in [5, 5.41) is 0.0724. The van der Waals surface area contributed by atoms with E-state index in [1.807, 2.05) is 0 Å². The summed E-state index contributed by atoms with van der Waals surface area (Å²) in [6.07, 6.45) is -3.71. The number of hydrogen-bond donors (Lipinski definition) is 0. The van der Waals surface area contributed by atoms with Gasteiger partial charge in [0.25, 0.3) is 0 Å². The average Bonchev–Trinajstić information content (AvgIpc) is 2.30. The van der Waals surface area contributed by atoms with Crippen molar-refractivity contribution in [1.29, 1.82) is 0 Å². The molecule has 2 aromatic rings. The molecule has 0 amide bonds. The van der Waals surface area contributed by atoms with Crippen molar-refractivity contribution < 1.29 is 22.3 Å². The van der Waals surface area contributed by atoms with Crippen LogP contribution >= 0.6 is 11.6 Å². The van der Waals surface area contributed by atoms with Gasteiger partial charge in [-0.1, -0.05) is 11.6 Å². The lowest BCUT2D eigenvalue weighted by Crippen LogP contribution is -2.08. The maximum absolute atomic E-state index is 13.0. The summed E-state index contributed by atoms with van der Waals surface area (Å²) in [6, 6.07) is 3.49. The van der Waals surface area contributed by atoms with Crippen LogP contribution in [0.5, 0.6) is 11.6 Å². The van der Waals surface area contributed by atoms with Gasteiger partial charge in [0.05, 0.1) is 5.56 Å². The topological polar surface area (TPSA) is 35.0 Å². The third kappa shape index (κ3) is 3.31. The largest absolute Gasteiger partial charge is 0.439 e. The van der Waals surface area contributed by atoms with E-state index in [0.29, 0.717) is 12.1 Å². The maximum atomic E-state index is 13.0. The summed E-state index contributed by atoms with van der Waals surface area (Å²) in [5.41, 5.74) is -1.41. The summed E-state index contributed by atoms with van der Waals surface area (Å²) in [6.45, 7) is 0. The van der Waals surface area contributed by atoms with Gasteiger partial charge in [-0.3, -0.25) is 0 Å². The van der Waals surface area contributed by atoms with E-state index >= 15 is 0 Å². The highest BCUT2D eigenvalue weighted by molar-refractivity contribution is 6.29. The Morgan fingerprint density at radius 1 is 1.11 bits per heavy atom. The second kappa shape index (κ2) is 5.00. The molecule has 0 radical (unpaired) electrons. The lowest BCUT2D eigenvalue weighted by Gasteiger charge is -2.10. The molecule has 0 N–H and O–H groups in total. The third-order valence-corrected chi connectivity index (χ3v) is 2.28. The standard InChI is InChI=1S/C11H5ClF4N2O/c12-9-4-10(18-5-17-9)19-6-1-2-8(13)7(3-6)11(14,15)16/h1-5H. The third-order valence-electron chi connectivity index (χ3n) is 2.07. The molecular weight excluding hydrogens is 288 g/mol. The molecule has 1 aromatic carbocycles. The molecule has 0 atom stereocenters. The van der Waals surface area contributed by atoms with Crippen molar-refractivity contribution in [1.82, 2.24) is 9.97 Å². The second-order valence-electron chi connectivity index (χ2n) is 3.42. The lowest BCUT2D eigenvalue weighted by molar-refractivity contribution is -0.140. The molecule has 0 bridgehead atoms. The first-order valence-corrected chi connectivity index (χ1v) is 5.26. The first kappa shape index (κ1) is 13.5. The zero-order chi connectivity index (χ0) is 14.0. The fraction of sp³-hybridized carbons (Fsp3) is 0.0909. The fourth-order valence-electron chi connectivity index (χ4n) is 1.28. The van der Waals surface area contributed by atoms with Gasteiger partial charge >= 0.3 is 6.18 Å². The Morgan fingerprint density at radius 2 is 1.84 bits per heavy atom. The van der Waals surface area contributed by atoms with Crippen molar-refractivity contribution >= 4 is 11.6 Å². The molecule has 1 heterocycles. The molecule has 19 heavy (non-hydrogen) atoms. The molecule has 0 unspecified atom stereocenters. The lowest BCUT2D eigenvalue weighted by atomic mass is 10.2. The summed E-state index contributed by atoms with van der Waals surface area (Å²) < 4.78 is 55.6. The molecular formula is C11H5ClF4N2O. The van der Waals surface area contributed by atoms with E-state index in [1.54, 1.807) is 0 Å². The van der Waals surface area contributed by atoms with Gasteiger partial charge in [-0.15, -0.1) is 0 Å². The molecule has 0 fully saturated rings. The van der Waals surface area contributed by atoms with E-state index < -0.39 is 17.6 Å².